The van der Waals surface area contributed by atoms with E-state index in [1.165, 1.54) is 43.2 Å². The van der Waals surface area contributed by atoms with Crippen LogP contribution in [0, 0.1) is 11.3 Å². The molecule has 1 saturated heterocycles. The Hall–Kier alpha value is -0.860. The summed E-state index contributed by atoms with van der Waals surface area (Å²) >= 11 is 0. The molecule has 1 heterocycles. The number of halogens is 1. The summed E-state index contributed by atoms with van der Waals surface area (Å²) in [7, 11) is 1.87. The van der Waals surface area contributed by atoms with E-state index in [9.17, 15) is 0 Å². The molecule has 1 aromatic rings. The first-order valence-electron chi connectivity index (χ1n) is 10.6. The van der Waals surface area contributed by atoms with E-state index in [4.69, 9.17) is 4.74 Å². The highest BCUT2D eigenvalue weighted by atomic mass is 127. The summed E-state index contributed by atoms with van der Waals surface area (Å²) in [5.41, 5.74) is 3.31. The number of nitrogens with one attached hydrogen (secondary N) is 2. The van der Waals surface area contributed by atoms with Crippen molar-refractivity contribution in [3.05, 3.63) is 35.4 Å². The molecule has 2 saturated carbocycles. The minimum atomic E-state index is 0. The van der Waals surface area contributed by atoms with Crippen molar-refractivity contribution < 1.29 is 4.74 Å². The highest BCUT2D eigenvalue weighted by Crippen LogP contribution is 2.56. The second kappa shape index (κ2) is 10.3. The van der Waals surface area contributed by atoms with E-state index in [1.807, 2.05) is 7.05 Å². The molecular weight excluding hydrogens is 463 g/mol. The average molecular weight is 498 g/mol. The predicted molar refractivity (Wildman–Crippen MR) is 125 cm³/mol. The largest absolute Gasteiger partial charge is 0.379 e. The Morgan fingerprint density at radius 3 is 2.46 bits per heavy atom. The topological polar surface area (TPSA) is 48.9 Å². The van der Waals surface area contributed by atoms with Crippen molar-refractivity contribution in [3.63, 3.8) is 0 Å². The van der Waals surface area contributed by atoms with Gasteiger partial charge in [0.15, 0.2) is 5.96 Å². The first-order chi connectivity index (χ1) is 13.3. The van der Waals surface area contributed by atoms with E-state index in [-0.39, 0.29) is 24.0 Å². The molecule has 4 rings (SSSR count). The number of hydrogen-bond acceptors (Lipinski definition) is 3. The quantitative estimate of drug-likeness (QED) is 0.344. The summed E-state index contributed by atoms with van der Waals surface area (Å²) in [6.45, 7) is 6.63. The van der Waals surface area contributed by atoms with Crippen LogP contribution in [0.25, 0.3) is 0 Å². The first kappa shape index (κ1) is 21.8. The van der Waals surface area contributed by atoms with Crippen molar-refractivity contribution in [3.8, 4) is 0 Å². The van der Waals surface area contributed by atoms with Gasteiger partial charge in [-0.15, -0.1) is 24.0 Å². The van der Waals surface area contributed by atoms with E-state index in [2.05, 4.69) is 44.8 Å². The molecule has 28 heavy (non-hydrogen) atoms. The standard InChI is InChI=1S/C22H34N4O.HI/c1-23-21(25-17-22(9-4-10-22)20-7-8-20)24-15-18-5-2-3-6-19(18)16-26-11-13-27-14-12-26;/h2-3,5-6,20H,4,7-17H2,1H3,(H2,23,24,25);1H. The molecule has 0 amide bonds. The number of rotatable bonds is 7. The van der Waals surface area contributed by atoms with E-state index < -0.39 is 0 Å². The van der Waals surface area contributed by atoms with Gasteiger partial charge in [0, 0.05) is 39.8 Å². The number of morpholine rings is 1. The van der Waals surface area contributed by atoms with E-state index in [1.54, 1.807) is 0 Å². The van der Waals surface area contributed by atoms with Crippen LogP contribution in [0.4, 0.5) is 0 Å². The Labute approximate surface area is 186 Å². The number of guanidine groups is 1. The number of aliphatic imine (C=N–C) groups is 1. The van der Waals surface area contributed by atoms with Crippen LogP contribution in [-0.2, 0) is 17.8 Å². The minimum absolute atomic E-state index is 0. The maximum absolute atomic E-state index is 5.47. The molecule has 5 nitrogen and oxygen atoms in total. The van der Waals surface area contributed by atoms with Crippen LogP contribution in [-0.4, -0.2) is 50.8 Å². The van der Waals surface area contributed by atoms with Crippen molar-refractivity contribution in [2.75, 3.05) is 39.9 Å². The summed E-state index contributed by atoms with van der Waals surface area (Å²) in [5.74, 6) is 1.90. The van der Waals surface area contributed by atoms with Crippen molar-refractivity contribution >= 4 is 29.9 Å². The smallest absolute Gasteiger partial charge is 0.191 e. The normalized spacial score (nSPS) is 22.1. The minimum Gasteiger partial charge on any atom is -0.379 e. The zero-order valence-corrected chi connectivity index (χ0v) is 19.4. The molecular formula is C22H35IN4O. The fraction of sp³-hybridized carbons (Fsp3) is 0.682. The monoisotopic (exact) mass is 498 g/mol. The van der Waals surface area contributed by atoms with Gasteiger partial charge in [0.1, 0.15) is 0 Å². The molecule has 2 aliphatic carbocycles. The molecule has 0 radical (unpaired) electrons. The lowest BCUT2D eigenvalue weighted by atomic mass is 9.65. The SMILES string of the molecule is CN=C(NCc1ccccc1CN1CCOCC1)NCC1(C2CC2)CCC1.I. The zero-order chi connectivity index (χ0) is 18.5. The Kier molecular flexibility index (Phi) is 8.00. The van der Waals surface area contributed by atoms with Crippen LogP contribution in [0.15, 0.2) is 29.3 Å². The lowest BCUT2D eigenvalue weighted by Crippen LogP contribution is -2.47. The van der Waals surface area contributed by atoms with Crippen LogP contribution in [0.1, 0.15) is 43.2 Å². The number of nitrogens with zero attached hydrogens (tertiary/aromatic N) is 2. The highest BCUT2D eigenvalue weighted by Gasteiger charge is 2.48. The van der Waals surface area contributed by atoms with Gasteiger partial charge in [-0.25, -0.2) is 0 Å². The maximum Gasteiger partial charge on any atom is 0.191 e. The van der Waals surface area contributed by atoms with Crippen molar-refractivity contribution in [1.29, 1.82) is 0 Å². The zero-order valence-electron chi connectivity index (χ0n) is 17.1. The van der Waals surface area contributed by atoms with E-state index >= 15 is 0 Å². The molecule has 156 valence electrons. The highest BCUT2D eigenvalue weighted by molar-refractivity contribution is 14.0. The second-order valence-corrected chi connectivity index (χ2v) is 8.43. The lowest BCUT2D eigenvalue weighted by molar-refractivity contribution is 0.0341. The predicted octanol–water partition coefficient (Wildman–Crippen LogP) is 3.38. The summed E-state index contributed by atoms with van der Waals surface area (Å²) in [5, 5.41) is 7.16. The Morgan fingerprint density at radius 2 is 1.86 bits per heavy atom. The summed E-state index contributed by atoms with van der Waals surface area (Å²) in [6, 6.07) is 8.75. The van der Waals surface area contributed by atoms with Crippen LogP contribution in [0.3, 0.4) is 0 Å². The molecule has 1 aliphatic heterocycles. The van der Waals surface area contributed by atoms with Gasteiger partial charge < -0.3 is 15.4 Å². The van der Waals surface area contributed by atoms with Crippen LogP contribution < -0.4 is 10.6 Å². The van der Waals surface area contributed by atoms with Crippen molar-refractivity contribution in [2.45, 2.75) is 45.2 Å². The molecule has 0 bridgehead atoms. The molecule has 3 aliphatic rings. The summed E-state index contributed by atoms with van der Waals surface area (Å²) in [4.78, 5) is 6.93. The summed E-state index contributed by atoms with van der Waals surface area (Å²) in [6.07, 6.45) is 7.05. The molecule has 2 N–H and O–H groups in total. The number of ether oxygens (including phenoxy) is 1. The van der Waals surface area contributed by atoms with Crippen molar-refractivity contribution in [1.82, 2.24) is 15.5 Å². The molecule has 0 atom stereocenters. The third kappa shape index (κ3) is 5.39. The third-order valence-electron chi connectivity index (χ3n) is 6.69. The average Bonchev–Trinajstić information content (AvgIpc) is 3.51. The maximum atomic E-state index is 5.47. The van der Waals surface area contributed by atoms with Gasteiger partial charge in [-0.05, 0) is 48.1 Å². The first-order valence-corrected chi connectivity index (χ1v) is 10.6. The van der Waals surface area contributed by atoms with E-state index in [0.717, 1.165) is 57.8 Å². The van der Waals surface area contributed by atoms with Gasteiger partial charge >= 0.3 is 0 Å². The molecule has 0 unspecified atom stereocenters. The molecule has 3 fully saturated rings. The Balaban J connectivity index is 0.00000225. The Bertz CT molecular complexity index is 652. The van der Waals surface area contributed by atoms with Crippen LogP contribution in [0.5, 0.6) is 0 Å². The van der Waals surface area contributed by atoms with Gasteiger partial charge in [-0.3, -0.25) is 9.89 Å². The van der Waals surface area contributed by atoms with Gasteiger partial charge in [-0.1, -0.05) is 30.7 Å². The molecule has 0 aromatic heterocycles. The van der Waals surface area contributed by atoms with Crippen LogP contribution >= 0.6 is 24.0 Å². The van der Waals surface area contributed by atoms with E-state index in [0.29, 0.717) is 5.41 Å². The summed E-state index contributed by atoms with van der Waals surface area (Å²) < 4.78 is 5.47. The molecule has 0 spiro atoms. The second-order valence-electron chi connectivity index (χ2n) is 8.43. The fourth-order valence-electron chi connectivity index (χ4n) is 4.60. The number of hydrogen-bond donors (Lipinski definition) is 2. The Morgan fingerprint density at radius 1 is 1.14 bits per heavy atom. The number of benzene rings is 1. The van der Waals surface area contributed by atoms with Gasteiger partial charge in [0.05, 0.1) is 13.2 Å². The van der Waals surface area contributed by atoms with Crippen molar-refractivity contribution in [2.24, 2.45) is 16.3 Å². The lowest BCUT2D eigenvalue weighted by Gasteiger charge is -2.43. The van der Waals surface area contributed by atoms with Gasteiger partial charge in [-0.2, -0.15) is 0 Å². The third-order valence-corrected chi connectivity index (χ3v) is 6.69. The molecule has 6 heteroatoms. The van der Waals surface area contributed by atoms with Gasteiger partial charge in [0.2, 0.25) is 0 Å². The van der Waals surface area contributed by atoms with Crippen LogP contribution in [0.2, 0.25) is 0 Å². The molecule has 1 aromatic carbocycles. The fourth-order valence-corrected chi connectivity index (χ4v) is 4.60. The van der Waals surface area contributed by atoms with Gasteiger partial charge in [0.25, 0.3) is 0 Å².